The van der Waals surface area contributed by atoms with Crippen LogP contribution in [0, 0.1) is 0 Å². The van der Waals surface area contributed by atoms with Gasteiger partial charge in [0.2, 0.25) is 6.79 Å². The molecule has 3 heterocycles. The summed E-state index contributed by atoms with van der Waals surface area (Å²) in [5.41, 5.74) is 3.44. The van der Waals surface area contributed by atoms with Gasteiger partial charge in [-0.2, -0.15) is 0 Å². The van der Waals surface area contributed by atoms with E-state index in [-0.39, 0.29) is 0 Å². The fraction of sp³-hybridized carbons (Fsp3) is 0.400. The second kappa shape index (κ2) is 9.99. The zero-order chi connectivity index (χ0) is 22.6. The molecule has 0 saturated carbocycles. The lowest BCUT2D eigenvalue weighted by Gasteiger charge is -2.34. The summed E-state index contributed by atoms with van der Waals surface area (Å²) in [5.74, 6) is 3.20. The summed E-state index contributed by atoms with van der Waals surface area (Å²) < 4.78 is 22.0. The first-order chi connectivity index (χ1) is 16.2. The Labute approximate surface area is 198 Å². The minimum absolute atomic E-state index is 0.321. The van der Waals surface area contributed by atoms with Gasteiger partial charge in [0.05, 0.1) is 19.4 Å². The standard InChI is InChI=1S/C25H29N3O4S/c1-3-30-21-7-5-19(13-23(21)29-2)25-26-20(16-33-25)15-28-10-8-27(9-11-28)14-18-4-6-22-24(12-18)32-17-31-22/h4-7,12-13,16H,3,8-11,14-15,17H2,1-2H3. The Morgan fingerprint density at radius 1 is 0.939 bits per heavy atom. The molecule has 2 aromatic carbocycles. The highest BCUT2D eigenvalue weighted by atomic mass is 32.1. The van der Waals surface area contributed by atoms with Gasteiger partial charge in [-0.25, -0.2) is 4.98 Å². The molecular weight excluding hydrogens is 438 g/mol. The number of nitrogens with zero attached hydrogens (tertiary/aromatic N) is 3. The SMILES string of the molecule is CCOc1ccc(-c2nc(CN3CCN(Cc4ccc5c(c4)OCO5)CC3)cs2)cc1OC. The summed E-state index contributed by atoms with van der Waals surface area (Å²) in [6.07, 6.45) is 0. The predicted molar refractivity (Wildman–Crippen MR) is 128 cm³/mol. The molecule has 0 N–H and O–H groups in total. The maximum absolute atomic E-state index is 5.63. The Morgan fingerprint density at radius 2 is 1.73 bits per heavy atom. The molecule has 174 valence electrons. The van der Waals surface area contributed by atoms with Crippen molar-refractivity contribution in [2.24, 2.45) is 0 Å². The van der Waals surface area contributed by atoms with Gasteiger partial charge in [-0.1, -0.05) is 6.07 Å². The van der Waals surface area contributed by atoms with Gasteiger partial charge in [-0.05, 0) is 42.8 Å². The van der Waals surface area contributed by atoms with Crippen LogP contribution in [0.4, 0.5) is 0 Å². The molecule has 5 rings (SSSR count). The van der Waals surface area contributed by atoms with Crippen molar-refractivity contribution in [2.45, 2.75) is 20.0 Å². The van der Waals surface area contributed by atoms with Gasteiger partial charge in [-0.15, -0.1) is 11.3 Å². The van der Waals surface area contributed by atoms with Crippen LogP contribution < -0.4 is 18.9 Å². The smallest absolute Gasteiger partial charge is 0.231 e. The molecule has 0 bridgehead atoms. The second-order valence-electron chi connectivity index (χ2n) is 8.18. The van der Waals surface area contributed by atoms with Gasteiger partial charge < -0.3 is 18.9 Å². The lowest BCUT2D eigenvalue weighted by molar-refractivity contribution is 0.121. The van der Waals surface area contributed by atoms with Crippen molar-refractivity contribution in [3.05, 3.63) is 53.0 Å². The van der Waals surface area contributed by atoms with Crippen molar-refractivity contribution in [2.75, 3.05) is 46.7 Å². The van der Waals surface area contributed by atoms with Crippen LogP contribution in [-0.4, -0.2) is 61.5 Å². The normalized spacial score (nSPS) is 16.2. The highest BCUT2D eigenvalue weighted by Gasteiger charge is 2.20. The average molecular weight is 468 g/mol. The molecule has 1 fully saturated rings. The van der Waals surface area contributed by atoms with Crippen molar-refractivity contribution in [1.82, 2.24) is 14.8 Å². The van der Waals surface area contributed by atoms with Crippen molar-refractivity contribution in [3.63, 3.8) is 0 Å². The minimum atomic E-state index is 0.321. The summed E-state index contributed by atoms with van der Waals surface area (Å²) in [7, 11) is 1.67. The maximum atomic E-state index is 5.63. The van der Waals surface area contributed by atoms with Crippen molar-refractivity contribution in [1.29, 1.82) is 0 Å². The molecule has 0 spiro atoms. The van der Waals surface area contributed by atoms with E-state index in [1.165, 1.54) is 5.56 Å². The van der Waals surface area contributed by atoms with E-state index >= 15 is 0 Å². The number of ether oxygens (including phenoxy) is 4. The van der Waals surface area contributed by atoms with Gasteiger partial charge in [-0.3, -0.25) is 9.80 Å². The van der Waals surface area contributed by atoms with Gasteiger partial charge in [0.1, 0.15) is 5.01 Å². The van der Waals surface area contributed by atoms with Crippen molar-refractivity contribution >= 4 is 11.3 Å². The number of hydrogen-bond acceptors (Lipinski definition) is 8. The molecular formula is C25H29N3O4S. The van der Waals surface area contributed by atoms with Crippen LogP contribution in [0.5, 0.6) is 23.0 Å². The fourth-order valence-electron chi connectivity index (χ4n) is 4.22. The molecule has 1 saturated heterocycles. The third kappa shape index (κ3) is 5.08. The number of hydrogen-bond donors (Lipinski definition) is 0. The molecule has 8 heteroatoms. The largest absolute Gasteiger partial charge is 0.493 e. The first-order valence-corrected chi connectivity index (χ1v) is 12.2. The molecule has 7 nitrogen and oxygen atoms in total. The highest BCUT2D eigenvalue weighted by molar-refractivity contribution is 7.13. The summed E-state index contributed by atoms with van der Waals surface area (Å²) in [5, 5.41) is 3.17. The molecule has 3 aromatic rings. The second-order valence-corrected chi connectivity index (χ2v) is 9.04. The molecule has 1 aromatic heterocycles. The van der Waals surface area contributed by atoms with E-state index in [1.807, 2.05) is 31.2 Å². The van der Waals surface area contributed by atoms with E-state index in [2.05, 4.69) is 27.3 Å². The van der Waals surface area contributed by atoms with Crippen LogP contribution in [0.2, 0.25) is 0 Å². The van der Waals surface area contributed by atoms with Crippen LogP contribution >= 0.6 is 11.3 Å². The third-order valence-electron chi connectivity index (χ3n) is 5.96. The Bertz CT molecular complexity index is 1100. The molecule has 2 aliphatic rings. The van der Waals surface area contributed by atoms with E-state index in [0.717, 1.165) is 78.5 Å². The Hall–Kier alpha value is -2.81. The molecule has 0 atom stereocenters. The monoisotopic (exact) mass is 467 g/mol. The van der Waals surface area contributed by atoms with Crippen LogP contribution in [0.1, 0.15) is 18.2 Å². The fourth-order valence-corrected chi connectivity index (χ4v) is 5.03. The average Bonchev–Trinajstić information content (AvgIpc) is 3.50. The lowest BCUT2D eigenvalue weighted by Crippen LogP contribution is -2.45. The Kier molecular flexibility index (Phi) is 6.66. The number of piperazine rings is 1. The van der Waals surface area contributed by atoms with Crippen LogP contribution in [0.25, 0.3) is 10.6 Å². The molecule has 2 aliphatic heterocycles. The zero-order valence-electron chi connectivity index (χ0n) is 19.1. The van der Waals surface area contributed by atoms with E-state index in [1.54, 1.807) is 18.4 Å². The number of methoxy groups -OCH3 is 1. The van der Waals surface area contributed by atoms with Gasteiger partial charge in [0.25, 0.3) is 0 Å². The first kappa shape index (κ1) is 22.0. The van der Waals surface area contributed by atoms with E-state index in [9.17, 15) is 0 Å². The molecule has 33 heavy (non-hydrogen) atoms. The molecule has 0 unspecified atom stereocenters. The molecule has 0 aliphatic carbocycles. The van der Waals surface area contributed by atoms with Crippen LogP contribution in [-0.2, 0) is 13.1 Å². The summed E-state index contributed by atoms with van der Waals surface area (Å²) >= 11 is 1.68. The maximum Gasteiger partial charge on any atom is 0.231 e. The number of benzene rings is 2. The minimum Gasteiger partial charge on any atom is -0.493 e. The summed E-state index contributed by atoms with van der Waals surface area (Å²) in [6, 6.07) is 12.2. The van der Waals surface area contributed by atoms with E-state index in [4.69, 9.17) is 23.9 Å². The molecule has 0 amide bonds. The summed E-state index contributed by atoms with van der Waals surface area (Å²) in [4.78, 5) is 9.86. The zero-order valence-corrected chi connectivity index (χ0v) is 19.9. The van der Waals surface area contributed by atoms with Crippen molar-refractivity contribution in [3.8, 4) is 33.6 Å². The van der Waals surface area contributed by atoms with Gasteiger partial charge in [0.15, 0.2) is 23.0 Å². The quantitative estimate of drug-likeness (QED) is 0.491. The number of fused-ring (bicyclic) bond motifs is 1. The number of thiazole rings is 1. The lowest BCUT2D eigenvalue weighted by atomic mass is 10.1. The topological polar surface area (TPSA) is 56.3 Å². The first-order valence-electron chi connectivity index (χ1n) is 11.3. The van der Waals surface area contributed by atoms with E-state index < -0.39 is 0 Å². The Balaban J connectivity index is 1.15. The van der Waals surface area contributed by atoms with Gasteiger partial charge >= 0.3 is 0 Å². The third-order valence-corrected chi connectivity index (χ3v) is 6.90. The van der Waals surface area contributed by atoms with Crippen molar-refractivity contribution < 1.29 is 18.9 Å². The Morgan fingerprint density at radius 3 is 2.52 bits per heavy atom. The van der Waals surface area contributed by atoms with Crippen LogP contribution in [0.15, 0.2) is 41.8 Å². The van der Waals surface area contributed by atoms with Crippen LogP contribution in [0.3, 0.4) is 0 Å². The van der Waals surface area contributed by atoms with E-state index in [0.29, 0.717) is 13.4 Å². The number of aromatic nitrogens is 1. The summed E-state index contributed by atoms with van der Waals surface area (Å²) in [6.45, 7) is 8.87. The number of rotatable bonds is 8. The predicted octanol–water partition coefficient (Wildman–Crippen LogP) is 4.26. The molecule has 0 radical (unpaired) electrons. The highest BCUT2D eigenvalue weighted by Crippen LogP contribution is 2.34. The van der Waals surface area contributed by atoms with Gasteiger partial charge in [0, 0.05) is 50.2 Å².